The van der Waals surface area contributed by atoms with Crippen LogP contribution in [0, 0.1) is 11.8 Å². The third-order valence-electron chi connectivity index (χ3n) is 5.51. The number of aliphatic hydroxyl groups is 2. The number of carbonyl (C=O) groups is 1. The van der Waals surface area contributed by atoms with E-state index in [1.807, 2.05) is 12.2 Å². The molecule has 27 heavy (non-hydrogen) atoms. The molecular weight excluding hydrogens is 366 g/mol. The summed E-state index contributed by atoms with van der Waals surface area (Å²) in [5.74, 6) is -0.0955. The first kappa shape index (κ1) is 22.4. The Morgan fingerprint density at radius 1 is 1.44 bits per heavy atom. The lowest BCUT2D eigenvalue weighted by atomic mass is 9.89. The van der Waals surface area contributed by atoms with Gasteiger partial charge in [-0.15, -0.1) is 11.8 Å². The molecule has 1 aliphatic heterocycles. The number of ether oxygens (including phenoxy) is 1. The van der Waals surface area contributed by atoms with Gasteiger partial charge in [0, 0.05) is 38.2 Å². The maximum atomic E-state index is 10.6. The van der Waals surface area contributed by atoms with Crippen molar-refractivity contribution in [1.82, 2.24) is 0 Å². The number of rotatable bonds is 11. The molecule has 0 aromatic carbocycles. The Labute approximate surface area is 166 Å². The summed E-state index contributed by atoms with van der Waals surface area (Å²) in [6.07, 6.45) is 8.69. The van der Waals surface area contributed by atoms with E-state index in [9.17, 15) is 15.0 Å². The number of fused-ring (bicyclic) bond motifs is 1. The van der Waals surface area contributed by atoms with Crippen LogP contribution in [-0.2, 0) is 9.53 Å². The Balaban J connectivity index is 1.94. The lowest BCUT2D eigenvalue weighted by Crippen LogP contribution is -2.31. The molecule has 3 N–H and O–H groups in total. The van der Waals surface area contributed by atoms with Gasteiger partial charge in [0.15, 0.2) is 5.72 Å². The highest BCUT2D eigenvalue weighted by molar-refractivity contribution is 8.13. The van der Waals surface area contributed by atoms with Crippen LogP contribution in [0.3, 0.4) is 0 Å². The Kier molecular flexibility index (Phi) is 8.79. The number of carboxylic acid groups (broad SMARTS) is 1. The van der Waals surface area contributed by atoms with Crippen LogP contribution in [-0.4, -0.2) is 57.1 Å². The summed E-state index contributed by atoms with van der Waals surface area (Å²) in [7, 11) is 1.63. The summed E-state index contributed by atoms with van der Waals surface area (Å²) < 4.78 is 5.73. The minimum absolute atomic E-state index is 0.0542. The first-order valence-electron chi connectivity index (χ1n) is 9.94. The van der Waals surface area contributed by atoms with Crippen molar-refractivity contribution >= 4 is 22.8 Å². The third-order valence-corrected chi connectivity index (χ3v) is 6.60. The fraction of sp³-hybridized carbons (Fsp3) is 0.800. The van der Waals surface area contributed by atoms with Crippen molar-refractivity contribution in [2.24, 2.45) is 16.8 Å². The van der Waals surface area contributed by atoms with Gasteiger partial charge in [-0.05, 0) is 18.6 Å². The summed E-state index contributed by atoms with van der Waals surface area (Å²) in [5, 5.41) is 30.4. The van der Waals surface area contributed by atoms with Crippen molar-refractivity contribution in [3.05, 3.63) is 12.2 Å². The SMILES string of the molecule is CCCCCC(O)/C=C/C1C(O)CC2(OC)N=C(SCCCC(=O)O)CC12. The number of hydrogen-bond donors (Lipinski definition) is 3. The van der Waals surface area contributed by atoms with Gasteiger partial charge in [0.1, 0.15) is 0 Å². The predicted octanol–water partition coefficient (Wildman–Crippen LogP) is 3.22. The van der Waals surface area contributed by atoms with Gasteiger partial charge >= 0.3 is 5.97 Å². The van der Waals surface area contributed by atoms with Crippen molar-refractivity contribution in [3.8, 4) is 0 Å². The van der Waals surface area contributed by atoms with E-state index in [2.05, 4.69) is 6.92 Å². The average Bonchev–Trinajstić information content (AvgIpc) is 3.09. The van der Waals surface area contributed by atoms with Crippen molar-refractivity contribution < 1.29 is 24.9 Å². The average molecular weight is 400 g/mol. The fourth-order valence-electron chi connectivity index (χ4n) is 4.03. The molecule has 2 aliphatic rings. The maximum Gasteiger partial charge on any atom is 0.303 e. The number of aliphatic imine (C=N–C) groups is 1. The van der Waals surface area contributed by atoms with Gasteiger partial charge < -0.3 is 20.1 Å². The number of nitrogens with zero attached hydrogens (tertiary/aromatic N) is 1. The van der Waals surface area contributed by atoms with E-state index in [0.29, 0.717) is 12.8 Å². The molecule has 0 radical (unpaired) electrons. The highest BCUT2D eigenvalue weighted by Gasteiger charge is 2.56. The van der Waals surface area contributed by atoms with Gasteiger partial charge in [-0.1, -0.05) is 38.3 Å². The zero-order valence-electron chi connectivity index (χ0n) is 16.3. The molecule has 154 valence electrons. The Hall–Kier alpha value is -0.890. The molecule has 0 amide bonds. The quantitative estimate of drug-likeness (QED) is 0.364. The molecule has 0 saturated heterocycles. The molecule has 1 fully saturated rings. The second kappa shape index (κ2) is 10.6. The van der Waals surface area contributed by atoms with E-state index >= 15 is 0 Å². The first-order valence-corrected chi connectivity index (χ1v) is 10.9. The molecule has 1 saturated carbocycles. The number of aliphatic hydroxyl groups excluding tert-OH is 2. The molecule has 5 unspecified atom stereocenters. The second-order valence-corrected chi connectivity index (χ2v) is 8.68. The number of thioether (sulfide) groups is 1. The molecule has 2 rings (SSSR count). The van der Waals surface area contributed by atoms with Gasteiger partial charge in [0.2, 0.25) is 0 Å². The first-order chi connectivity index (χ1) is 12.9. The summed E-state index contributed by atoms with van der Waals surface area (Å²) in [5.41, 5.74) is -0.698. The van der Waals surface area contributed by atoms with Crippen LogP contribution >= 0.6 is 11.8 Å². The number of unbranched alkanes of at least 4 members (excludes halogenated alkanes) is 2. The maximum absolute atomic E-state index is 10.6. The van der Waals surface area contributed by atoms with Crippen LogP contribution in [0.15, 0.2) is 17.1 Å². The minimum Gasteiger partial charge on any atom is -0.481 e. The second-order valence-electron chi connectivity index (χ2n) is 7.51. The Morgan fingerprint density at radius 3 is 2.89 bits per heavy atom. The van der Waals surface area contributed by atoms with Gasteiger partial charge in [-0.25, -0.2) is 4.99 Å². The van der Waals surface area contributed by atoms with Crippen molar-refractivity contribution in [2.75, 3.05) is 12.9 Å². The van der Waals surface area contributed by atoms with E-state index in [0.717, 1.165) is 42.9 Å². The van der Waals surface area contributed by atoms with E-state index in [1.54, 1.807) is 18.9 Å². The van der Waals surface area contributed by atoms with Crippen molar-refractivity contribution in [2.45, 2.75) is 76.2 Å². The molecule has 0 bridgehead atoms. The van der Waals surface area contributed by atoms with E-state index in [4.69, 9.17) is 14.8 Å². The van der Waals surface area contributed by atoms with E-state index in [-0.39, 0.29) is 18.3 Å². The number of carboxylic acids is 1. The Bertz CT molecular complexity index is 552. The number of aliphatic carboxylic acids is 1. The monoisotopic (exact) mass is 399 g/mol. The van der Waals surface area contributed by atoms with Crippen LogP contribution in [0.1, 0.15) is 58.3 Å². The molecule has 1 heterocycles. The number of methoxy groups -OCH3 is 1. The van der Waals surface area contributed by atoms with Crippen molar-refractivity contribution in [3.63, 3.8) is 0 Å². The third kappa shape index (κ3) is 6.04. The molecule has 5 atom stereocenters. The lowest BCUT2D eigenvalue weighted by molar-refractivity contribution is -0.137. The van der Waals surface area contributed by atoms with Crippen LogP contribution in [0.2, 0.25) is 0 Å². The molecule has 0 aromatic rings. The summed E-state index contributed by atoms with van der Waals surface area (Å²) >= 11 is 1.59. The predicted molar refractivity (Wildman–Crippen MR) is 108 cm³/mol. The zero-order chi connectivity index (χ0) is 19.9. The van der Waals surface area contributed by atoms with Gasteiger partial charge in [0.05, 0.1) is 17.3 Å². The molecule has 0 spiro atoms. The van der Waals surface area contributed by atoms with Gasteiger partial charge in [0.25, 0.3) is 0 Å². The molecule has 1 aliphatic carbocycles. The standard InChI is InChI=1S/C20H33NO5S/c1-3-4-5-7-14(22)9-10-15-16-12-18(27-11-6-8-19(24)25)21-20(16,26-2)13-17(15)23/h9-10,14-17,22-23H,3-8,11-13H2,1-2H3,(H,24,25)/b10-9+. The largest absolute Gasteiger partial charge is 0.481 e. The fourth-order valence-corrected chi connectivity index (χ4v) is 5.07. The van der Waals surface area contributed by atoms with Crippen LogP contribution in [0.5, 0.6) is 0 Å². The van der Waals surface area contributed by atoms with Gasteiger partial charge in [-0.2, -0.15) is 0 Å². The lowest BCUT2D eigenvalue weighted by Gasteiger charge is -2.25. The highest BCUT2D eigenvalue weighted by atomic mass is 32.2. The smallest absolute Gasteiger partial charge is 0.303 e. The molecule has 7 heteroatoms. The van der Waals surface area contributed by atoms with E-state index < -0.39 is 23.9 Å². The van der Waals surface area contributed by atoms with Gasteiger partial charge in [-0.3, -0.25) is 4.79 Å². The van der Waals surface area contributed by atoms with Crippen LogP contribution in [0.25, 0.3) is 0 Å². The summed E-state index contributed by atoms with van der Waals surface area (Å²) in [6, 6.07) is 0. The van der Waals surface area contributed by atoms with Crippen LogP contribution < -0.4 is 0 Å². The molecule has 0 aromatic heterocycles. The summed E-state index contributed by atoms with van der Waals surface area (Å²) in [6.45, 7) is 2.14. The number of hydrogen-bond acceptors (Lipinski definition) is 6. The normalized spacial score (nSPS) is 31.3. The zero-order valence-corrected chi connectivity index (χ0v) is 17.2. The van der Waals surface area contributed by atoms with E-state index in [1.165, 1.54) is 0 Å². The molecular formula is C20H33NO5S. The Morgan fingerprint density at radius 2 is 2.22 bits per heavy atom. The molecule has 6 nitrogen and oxygen atoms in total. The minimum atomic E-state index is -0.778. The van der Waals surface area contributed by atoms with Crippen molar-refractivity contribution in [1.29, 1.82) is 0 Å². The highest BCUT2D eigenvalue weighted by Crippen LogP contribution is 2.51. The summed E-state index contributed by atoms with van der Waals surface area (Å²) in [4.78, 5) is 15.4. The topological polar surface area (TPSA) is 99.4 Å². The van der Waals surface area contributed by atoms with Crippen LogP contribution in [0.4, 0.5) is 0 Å².